The first-order chi connectivity index (χ1) is 11.1. The van der Waals surface area contributed by atoms with Crippen molar-refractivity contribution in [3.8, 4) is 11.5 Å². The quantitative estimate of drug-likeness (QED) is 0.429. The Morgan fingerprint density at radius 3 is 2.87 bits per heavy atom. The van der Waals surface area contributed by atoms with Crippen molar-refractivity contribution in [2.45, 2.75) is 0 Å². The van der Waals surface area contributed by atoms with E-state index in [0.29, 0.717) is 20.9 Å². The van der Waals surface area contributed by atoms with Crippen molar-refractivity contribution >= 4 is 64.8 Å². The zero-order valence-corrected chi connectivity index (χ0v) is 15.9. The van der Waals surface area contributed by atoms with E-state index >= 15 is 0 Å². The number of hydrogen-bond donors (Lipinski definition) is 2. The third kappa shape index (κ3) is 3.34. The summed E-state index contributed by atoms with van der Waals surface area (Å²) in [4.78, 5) is 4.43. The summed E-state index contributed by atoms with van der Waals surface area (Å²) in [7, 11) is 1.50. The molecule has 0 aliphatic heterocycles. The fourth-order valence-corrected chi connectivity index (χ4v) is 3.60. The third-order valence-corrected chi connectivity index (χ3v) is 6.01. The van der Waals surface area contributed by atoms with E-state index < -0.39 is 0 Å². The highest BCUT2D eigenvalue weighted by Gasteiger charge is 2.14. The Labute approximate surface area is 153 Å². The number of aromatic hydroxyl groups is 1. The van der Waals surface area contributed by atoms with E-state index in [1.165, 1.54) is 24.7 Å². The number of halogens is 2. The molecule has 0 aliphatic carbocycles. The highest BCUT2D eigenvalue weighted by Crippen LogP contribution is 2.39. The second kappa shape index (κ2) is 6.86. The van der Waals surface area contributed by atoms with Gasteiger partial charge in [-0.3, -0.25) is 5.43 Å². The van der Waals surface area contributed by atoms with Crippen LogP contribution in [0.15, 0.2) is 44.4 Å². The standard InChI is InChI=1S/C15H11Br2N3O2S/c1-22-11-6-9(16)13(17)8(14(11)21)7-18-20-15-19-10-4-2-3-5-12(10)23-15/h2-7,21H,1H3,(H,19,20). The predicted molar refractivity (Wildman–Crippen MR) is 101 cm³/mol. The van der Waals surface area contributed by atoms with Gasteiger partial charge in [0.25, 0.3) is 0 Å². The fourth-order valence-electron chi connectivity index (χ4n) is 1.96. The van der Waals surface area contributed by atoms with E-state index in [1.807, 2.05) is 24.3 Å². The summed E-state index contributed by atoms with van der Waals surface area (Å²) < 4.78 is 7.66. The van der Waals surface area contributed by atoms with Gasteiger partial charge >= 0.3 is 0 Å². The zero-order valence-electron chi connectivity index (χ0n) is 11.9. The molecule has 0 saturated heterocycles. The van der Waals surface area contributed by atoms with Crippen molar-refractivity contribution in [1.29, 1.82) is 0 Å². The summed E-state index contributed by atoms with van der Waals surface area (Å²) >= 11 is 8.32. The van der Waals surface area contributed by atoms with Gasteiger partial charge in [0, 0.05) is 8.95 Å². The van der Waals surface area contributed by atoms with Crippen LogP contribution in [0.5, 0.6) is 11.5 Å². The summed E-state index contributed by atoms with van der Waals surface area (Å²) in [6.45, 7) is 0. The molecule has 0 radical (unpaired) electrons. The van der Waals surface area contributed by atoms with E-state index in [2.05, 4.69) is 47.4 Å². The molecule has 0 unspecified atom stereocenters. The van der Waals surface area contributed by atoms with Gasteiger partial charge in [-0.15, -0.1) is 0 Å². The lowest BCUT2D eigenvalue weighted by Crippen LogP contribution is -1.94. The average molecular weight is 457 g/mol. The van der Waals surface area contributed by atoms with Crippen LogP contribution in [0.25, 0.3) is 10.2 Å². The van der Waals surface area contributed by atoms with Crippen LogP contribution < -0.4 is 10.2 Å². The fraction of sp³-hybridized carbons (Fsp3) is 0.0667. The number of nitrogens with one attached hydrogen (secondary N) is 1. The highest BCUT2D eigenvalue weighted by molar-refractivity contribution is 9.13. The number of ether oxygens (including phenoxy) is 1. The molecule has 0 atom stereocenters. The summed E-state index contributed by atoms with van der Waals surface area (Å²) in [5, 5.41) is 15.0. The first-order valence-corrected chi connectivity index (χ1v) is 8.90. The van der Waals surface area contributed by atoms with Gasteiger partial charge in [0.15, 0.2) is 11.5 Å². The minimum Gasteiger partial charge on any atom is -0.504 e. The number of thiazole rings is 1. The Kier molecular flexibility index (Phi) is 4.84. The van der Waals surface area contributed by atoms with Crippen molar-refractivity contribution < 1.29 is 9.84 Å². The van der Waals surface area contributed by atoms with Crippen molar-refractivity contribution in [1.82, 2.24) is 4.98 Å². The maximum absolute atomic E-state index is 10.2. The number of anilines is 1. The number of phenols is 1. The first kappa shape index (κ1) is 16.2. The minimum atomic E-state index is 0.0115. The molecule has 1 aromatic heterocycles. The SMILES string of the molecule is COc1cc(Br)c(Br)c(C=NNc2nc3ccccc3s2)c1O. The van der Waals surface area contributed by atoms with E-state index in [1.54, 1.807) is 6.07 Å². The number of nitrogens with zero attached hydrogens (tertiary/aromatic N) is 2. The number of fused-ring (bicyclic) bond motifs is 1. The van der Waals surface area contributed by atoms with Crippen LogP contribution in [-0.4, -0.2) is 23.4 Å². The summed E-state index contributed by atoms with van der Waals surface area (Å²) in [6, 6.07) is 9.54. The second-order valence-electron chi connectivity index (χ2n) is 4.49. The molecule has 0 aliphatic rings. The van der Waals surface area contributed by atoms with E-state index in [9.17, 15) is 5.11 Å². The molecule has 0 fully saturated rings. The van der Waals surface area contributed by atoms with Crippen LogP contribution in [0.2, 0.25) is 0 Å². The normalized spacial score (nSPS) is 11.3. The monoisotopic (exact) mass is 455 g/mol. The van der Waals surface area contributed by atoms with Crippen molar-refractivity contribution in [3.63, 3.8) is 0 Å². The average Bonchev–Trinajstić information content (AvgIpc) is 2.96. The molecular weight excluding hydrogens is 446 g/mol. The Balaban J connectivity index is 1.86. The summed E-state index contributed by atoms with van der Waals surface area (Å²) in [5.74, 6) is 0.374. The van der Waals surface area contributed by atoms with Crippen LogP contribution in [0.4, 0.5) is 5.13 Å². The smallest absolute Gasteiger partial charge is 0.204 e. The van der Waals surface area contributed by atoms with Gasteiger partial charge in [0.2, 0.25) is 5.13 Å². The molecule has 1 heterocycles. The lowest BCUT2D eigenvalue weighted by atomic mass is 10.2. The molecular formula is C15H11Br2N3O2S. The van der Waals surface area contributed by atoms with Crippen LogP contribution in [-0.2, 0) is 0 Å². The molecule has 2 N–H and O–H groups in total. The number of rotatable bonds is 4. The van der Waals surface area contributed by atoms with Crippen molar-refractivity contribution in [3.05, 3.63) is 44.8 Å². The van der Waals surface area contributed by atoms with Gasteiger partial charge in [-0.2, -0.15) is 5.10 Å². The number of hydrazone groups is 1. The van der Waals surface area contributed by atoms with E-state index in [-0.39, 0.29) is 5.75 Å². The van der Waals surface area contributed by atoms with E-state index in [0.717, 1.165) is 14.7 Å². The first-order valence-electron chi connectivity index (χ1n) is 6.49. The Hall–Kier alpha value is -1.64. The molecule has 8 heteroatoms. The maximum Gasteiger partial charge on any atom is 0.204 e. The summed E-state index contributed by atoms with van der Waals surface area (Å²) in [6.07, 6.45) is 1.51. The zero-order chi connectivity index (χ0) is 16.4. The van der Waals surface area contributed by atoms with Crippen LogP contribution in [0.1, 0.15) is 5.56 Å². The lowest BCUT2D eigenvalue weighted by molar-refractivity contribution is 0.372. The number of hydrogen-bond acceptors (Lipinski definition) is 6. The van der Waals surface area contributed by atoms with Crippen molar-refractivity contribution in [2.75, 3.05) is 12.5 Å². The Morgan fingerprint density at radius 2 is 2.13 bits per heavy atom. The topological polar surface area (TPSA) is 66.7 Å². The van der Waals surface area contributed by atoms with Crippen LogP contribution in [0.3, 0.4) is 0 Å². The molecule has 3 aromatic rings. The van der Waals surface area contributed by atoms with Gasteiger partial charge in [-0.1, -0.05) is 23.5 Å². The molecule has 3 rings (SSSR count). The molecule has 0 amide bonds. The van der Waals surface area contributed by atoms with Gasteiger partial charge < -0.3 is 9.84 Å². The molecule has 0 bridgehead atoms. The second-order valence-corrected chi connectivity index (χ2v) is 7.17. The third-order valence-electron chi connectivity index (χ3n) is 3.06. The number of methoxy groups -OCH3 is 1. The predicted octanol–water partition coefficient (Wildman–Crippen LogP) is 4.98. The molecule has 118 valence electrons. The molecule has 5 nitrogen and oxygen atoms in total. The summed E-state index contributed by atoms with van der Waals surface area (Å²) in [5.41, 5.74) is 4.31. The van der Waals surface area contributed by atoms with Gasteiger partial charge in [-0.25, -0.2) is 4.98 Å². The highest BCUT2D eigenvalue weighted by atomic mass is 79.9. The number of benzene rings is 2. The number of aromatic nitrogens is 1. The minimum absolute atomic E-state index is 0.0115. The molecule has 0 spiro atoms. The molecule has 2 aromatic carbocycles. The maximum atomic E-state index is 10.2. The van der Waals surface area contributed by atoms with Crippen LogP contribution >= 0.6 is 43.2 Å². The number of para-hydroxylation sites is 1. The van der Waals surface area contributed by atoms with Gasteiger partial charge in [-0.05, 0) is 50.1 Å². The Bertz CT molecular complexity index is 863. The van der Waals surface area contributed by atoms with Crippen LogP contribution in [0, 0.1) is 0 Å². The molecule has 23 heavy (non-hydrogen) atoms. The largest absolute Gasteiger partial charge is 0.504 e. The van der Waals surface area contributed by atoms with Crippen molar-refractivity contribution in [2.24, 2.45) is 5.10 Å². The van der Waals surface area contributed by atoms with Gasteiger partial charge in [0.1, 0.15) is 0 Å². The van der Waals surface area contributed by atoms with Gasteiger partial charge in [0.05, 0.1) is 29.1 Å². The lowest BCUT2D eigenvalue weighted by Gasteiger charge is -2.09. The molecule has 0 saturated carbocycles. The van der Waals surface area contributed by atoms with E-state index in [4.69, 9.17) is 4.74 Å². The Morgan fingerprint density at radius 1 is 1.35 bits per heavy atom. The number of phenolic OH excluding ortho intramolecular Hbond substituents is 1.